The zero-order valence-electron chi connectivity index (χ0n) is 8.54. The number of unbranched alkanes of at least 4 members (excludes halogenated alkanes) is 5. The van der Waals surface area contributed by atoms with Gasteiger partial charge in [0, 0.05) is 0 Å². The van der Waals surface area contributed by atoms with E-state index in [9.17, 15) is 4.79 Å². The summed E-state index contributed by atoms with van der Waals surface area (Å²) in [5, 5.41) is 0. The predicted molar refractivity (Wildman–Crippen MR) is 57.7 cm³/mol. The lowest BCUT2D eigenvalue weighted by atomic mass is 10.1. The van der Waals surface area contributed by atoms with Crippen LogP contribution in [0.4, 0.5) is 0 Å². The summed E-state index contributed by atoms with van der Waals surface area (Å²) in [7, 11) is 0. The number of carbonyl (C=O) groups excluding carboxylic acids is 1. The fraction of sp³-hybridized carbons (Fsp3) is 0.583. The first-order valence-corrected chi connectivity index (χ1v) is 5.18. The molecule has 0 bridgehead atoms. The largest absolute Gasteiger partial charge is 0.299 e. The van der Waals surface area contributed by atoms with E-state index in [2.05, 4.69) is 13.0 Å². The van der Waals surface area contributed by atoms with Crippen molar-refractivity contribution in [2.24, 2.45) is 0 Å². The Balaban J connectivity index is 3.10. The topological polar surface area (TPSA) is 17.1 Å². The van der Waals surface area contributed by atoms with Gasteiger partial charge in [0.1, 0.15) is 6.29 Å². The Kier molecular flexibility index (Phi) is 10.4. The molecule has 0 aliphatic carbocycles. The minimum Gasteiger partial charge on any atom is -0.299 e. The average molecular weight is 180 g/mol. The minimum absolute atomic E-state index is 0.797. The second kappa shape index (κ2) is 11.2. The van der Waals surface area contributed by atoms with Gasteiger partial charge in [-0.1, -0.05) is 50.8 Å². The van der Waals surface area contributed by atoms with Crippen LogP contribution in [-0.2, 0) is 4.79 Å². The van der Waals surface area contributed by atoms with Crippen molar-refractivity contribution < 1.29 is 4.79 Å². The third-order valence-electron chi connectivity index (χ3n) is 1.91. The van der Waals surface area contributed by atoms with Crippen LogP contribution in [0.15, 0.2) is 24.3 Å². The van der Waals surface area contributed by atoms with E-state index in [1.165, 1.54) is 38.2 Å². The molecule has 0 rings (SSSR count). The van der Waals surface area contributed by atoms with Gasteiger partial charge in [0.05, 0.1) is 0 Å². The molecule has 0 fully saturated rings. The van der Waals surface area contributed by atoms with E-state index >= 15 is 0 Å². The number of hydrogen-bond acceptors (Lipinski definition) is 1. The monoisotopic (exact) mass is 180 g/mol. The Morgan fingerprint density at radius 2 is 1.69 bits per heavy atom. The summed E-state index contributed by atoms with van der Waals surface area (Å²) < 4.78 is 0. The molecule has 0 aromatic carbocycles. The van der Waals surface area contributed by atoms with Crippen LogP contribution in [0.1, 0.15) is 45.4 Å². The van der Waals surface area contributed by atoms with Crippen LogP contribution in [0.3, 0.4) is 0 Å². The van der Waals surface area contributed by atoms with Crippen LogP contribution in [-0.4, -0.2) is 6.29 Å². The summed E-state index contributed by atoms with van der Waals surface area (Å²) in [4.78, 5) is 9.89. The quantitative estimate of drug-likeness (QED) is 0.241. The Morgan fingerprint density at radius 3 is 2.38 bits per heavy atom. The smallest absolute Gasteiger partial charge is 0.142 e. The standard InChI is InChI=1S/C12H20O/c1-2-3-4-5-6-7-8-9-10-11-12-13/h8-12H,2-7H2,1H3/b9-8-,11-10+. The van der Waals surface area contributed by atoms with E-state index in [0.29, 0.717) is 0 Å². The minimum atomic E-state index is 0.797. The van der Waals surface area contributed by atoms with E-state index in [4.69, 9.17) is 0 Å². The SMILES string of the molecule is CCCCCCC/C=C\C=C\C=O. The maximum Gasteiger partial charge on any atom is 0.142 e. The highest BCUT2D eigenvalue weighted by molar-refractivity contribution is 5.65. The number of allylic oxidation sites excluding steroid dienone is 4. The molecule has 0 unspecified atom stereocenters. The molecule has 0 heterocycles. The summed E-state index contributed by atoms with van der Waals surface area (Å²) in [5.41, 5.74) is 0. The number of aldehydes is 1. The summed E-state index contributed by atoms with van der Waals surface area (Å²) in [6.07, 6.45) is 15.9. The highest BCUT2D eigenvalue weighted by Crippen LogP contribution is 2.05. The number of hydrogen-bond donors (Lipinski definition) is 0. The molecule has 0 aromatic rings. The molecule has 0 aliphatic rings. The van der Waals surface area contributed by atoms with E-state index in [1.54, 1.807) is 6.08 Å². The maximum atomic E-state index is 9.89. The molecular weight excluding hydrogens is 160 g/mol. The van der Waals surface area contributed by atoms with Gasteiger partial charge in [0.15, 0.2) is 0 Å². The first-order chi connectivity index (χ1) is 6.41. The molecule has 0 N–H and O–H groups in total. The van der Waals surface area contributed by atoms with Crippen molar-refractivity contribution in [3.05, 3.63) is 24.3 Å². The molecule has 13 heavy (non-hydrogen) atoms. The number of carbonyl (C=O) groups is 1. The molecule has 0 spiro atoms. The highest BCUT2D eigenvalue weighted by atomic mass is 16.1. The molecule has 0 radical (unpaired) electrons. The lowest BCUT2D eigenvalue weighted by Gasteiger charge is -1.95. The van der Waals surface area contributed by atoms with Crippen molar-refractivity contribution in [2.45, 2.75) is 45.4 Å². The Bertz CT molecular complexity index is 157. The predicted octanol–water partition coefficient (Wildman–Crippen LogP) is 3.66. The van der Waals surface area contributed by atoms with Crippen LogP contribution in [0.2, 0.25) is 0 Å². The van der Waals surface area contributed by atoms with E-state index < -0.39 is 0 Å². The second-order valence-corrected chi connectivity index (χ2v) is 3.15. The summed E-state index contributed by atoms with van der Waals surface area (Å²) >= 11 is 0. The molecule has 0 aromatic heterocycles. The zero-order chi connectivity index (χ0) is 9.78. The van der Waals surface area contributed by atoms with E-state index in [1.807, 2.05) is 6.08 Å². The normalized spacial score (nSPS) is 11.5. The Morgan fingerprint density at radius 1 is 0.923 bits per heavy atom. The maximum absolute atomic E-state index is 9.89. The van der Waals surface area contributed by atoms with Gasteiger partial charge in [0.25, 0.3) is 0 Å². The van der Waals surface area contributed by atoms with Crippen molar-refractivity contribution in [3.8, 4) is 0 Å². The molecule has 1 heteroatoms. The Hall–Kier alpha value is -0.850. The van der Waals surface area contributed by atoms with Crippen molar-refractivity contribution in [2.75, 3.05) is 0 Å². The fourth-order valence-corrected chi connectivity index (χ4v) is 1.15. The van der Waals surface area contributed by atoms with Crippen LogP contribution in [0.5, 0.6) is 0 Å². The number of rotatable bonds is 8. The van der Waals surface area contributed by atoms with Crippen molar-refractivity contribution in [1.82, 2.24) is 0 Å². The summed E-state index contributed by atoms with van der Waals surface area (Å²) in [5.74, 6) is 0. The third kappa shape index (κ3) is 11.1. The van der Waals surface area contributed by atoms with Crippen molar-refractivity contribution in [1.29, 1.82) is 0 Å². The van der Waals surface area contributed by atoms with Crippen LogP contribution in [0.25, 0.3) is 0 Å². The van der Waals surface area contributed by atoms with Crippen molar-refractivity contribution in [3.63, 3.8) is 0 Å². The van der Waals surface area contributed by atoms with Gasteiger partial charge >= 0.3 is 0 Å². The molecule has 74 valence electrons. The van der Waals surface area contributed by atoms with E-state index in [0.717, 1.165) is 12.7 Å². The average Bonchev–Trinajstić information content (AvgIpc) is 2.16. The van der Waals surface area contributed by atoms with Gasteiger partial charge in [-0.2, -0.15) is 0 Å². The molecule has 1 nitrogen and oxygen atoms in total. The van der Waals surface area contributed by atoms with Gasteiger partial charge in [-0.15, -0.1) is 0 Å². The zero-order valence-corrected chi connectivity index (χ0v) is 8.54. The molecule has 0 atom stereocenters. The molecular formula is C12H20O. The fourth-order valence-electron chi connectivity index (χ4n) is 1.15. The molecule has 0 saturated carbocycles. The third-order valence-corrected chi connectivity index (χ3v) is 1.91. The molecule has 0 amide bonds. The Labute approximate surface area is 81.5 Å². The van der Waals surface area contributed by atoms with Crippen LogP contribution < -0.4 is 0 Å². The van der Waals surface area contributed by atoms with E-state index in [-0.39, 0.29) is 0 Å². The highest BCUT2D eigenvalue weighted by Gasteiger charge is 1.85. The van der Waals surface area contributed by atoms with Gasteiger partial charge < -0.3 is 0 Å². The first kappa shape index (κ1) is 12.2. The molecule has 0 saturated heterocycles. The first-order valence-electron chi connectivity index (χ1n) is 5.18. The van der Waals surface area contributed by atoms with Crippen LogP contribution >= 0.6 is 0 Å². The lowest BCUT2D eigenvalue weighted by Crippen LogP contribution is -1.75. The van der Waals surface area contributed by atoms with Gasteiger partial charge in [0.2, 0.25) is 0 Å². The van der Waals surface area contributed by atoms with Gasteiger partial charge in [-0.05, 0) is 18.9 Å². The lowest BCUT2D eigenvalue weighted by molar-refractivity contribution is -0.104. The second-order valence-electron chi connectivity index (χ2n) is 3.15. The van der Waals surface area contributed by atoms with Gasteiger partial charge in [-0.3, -0.25) is 4.79 Å². The molecule has 0 aliphatic heterocycles. The van der Waals surface area contributed by atoms with Crippen molar-refractivity contribution >= 4 is 6.29 Å². The summed E-state index contributed by atoms with van der Waals surface area (Å²) in [6.45, 7) is 2.23. The van der Waals surface area contributed by atoms with Gasteiger partial charge in [-0.25, -0.2) is 0 Å². The summed E-state index contributed by atoms with van der Waals surface area (Å²) in [6, 6.07) is 0. The van der Waals surface area contributed by atoms with Crippen LogP contribution in [0, 0.1) is 0 Å².